The molecule has 0 saturated carbocycles. The van der Waals surface area contributed by atoms with Gasteiger partial charge in [0.15, 0.2) is 0 Å². The van der Waals surface area contributed by atoms with E-state index < -0.39 is 5.54 Å². The first kappa shape index (κ1) is 17.0. The first-order valence-electron chi connectivity index (χ1n) is 8.16. The highest BCUT2D eigenvalue weighted by Gasteiger charge is 2.51. The molecule has 1 unspecified atom stereocenters. The van der Waals surface area contributed by atoms with Gasteiger partial charge in [0.1, 0.15) is 11.6 Å². The third-order valence-corrected chi connectivity index (χ3v) is 4.78. The SMILES string of the molecule is CCCC1NC(=O)C(CC)(CC)N(C(CC)CC)C1=O. The number of carbonyl (C=O) groups is 2. The minimum absolute atomic E-state index is 0.0347. The van der Waals surface area contributed by atoms with Crippen LogP contribution in [0.25, 0.3) is 0 Å². The molecule has 1 rings (SSSR count). The zero-order valence-corrected chi connectivity index (χ0v) is 13.7. The summed E-state index contributed by atoms with van der Waals surface area (Å²) in [4.78, 5) is 27.4. The van der Waals surface area contributed by atoms with Crippen molar-refractivity contribution in [3.8, 4) is 0 Å². The Kier molecular flexibility index (Phi) is 6.03. The van der Waals surface area contributed by atoms with Gasteiger partial charge in [-0.05, 0) is 32.1 Å². The summed E-state index contributed by atoms with van der Waals surface area (Å²) in [6.45, 7) is 10.2. The van der Waals surface area contributed by atoms with Crippen LogP contribution in [0.15, 0.2) is 0 Å². The van der Waals surface area contributed by atoms with E-state index in [1.54, 1.807) is 0 Å². The van der Waals surface area contributed by atoms with Crippen LogP contribution in [0.5, 0.6) is 0 Å². The van der Waals surface area contributed by atoms with Crippen molar-refractivity contribution in [2.75, 3.05) is 0 Å². The fourth-order valence-electron chi connectivity index (χ4n) is 3.42. The Bertz CT molecular complexity index is 346. The summed E-state index contributed by atoms with van der Waals surface area (Å²) in [6.07, 6.45) is 4.78. The largest absolute Gasteiger partial charge is 0.342 e. The van der Waals surface area contributed by atoms with Gasteiger partial charge in [0.05, 0.1) is 0 Å². The number of hydrogen-bond acceptors (Lipinski definition) is 2. The molecular weight excluding hydrogens is 252 g/mol. The minimum atomic E-state index is -0.655. The van der Waals surface area contributed by atoms with Gasteiger partial charge in [-0.2, -0.15) is 0 Å². The first-order chi connectivity index (χ1) is 9.52. The lowest BCUT2D eigenvalue weighted by atomic mass is 9.83. The molecule has 0 bridgehead atoms. The lowest BCUT2D eigenvalue weighted by molar-refractivity contribution is -0.162. The maximum Gasteiger partial charge on any atom is 0.246 e. The van der Waals surface area contributed by atoms with Crippen LogP contribution in [0, 0.1) is 0 Å². The van der Waals surface area contributed by atoms with Crippen molar-refractivity contribution in [3.63, 3.8) is 0 Å². The van der Waals surface area contributed by atoms with Gasteiger partial charge in [0, 0.05) is 6.04 Å². The standard InChI is InChI=1S/C16H30N2O2/c1-6-11-13-14(19)18(12(7-2)8-3)16(9-4,10-5)15(20)17-13/h12-13H,6-11H2,1-5H3,(H,17,20). The Morgan fingerprint density at radius 3 is 2.05 bits per heavy atom. The number of hydrogen-bond donors (Lipinski definition) is 1. The molecule has 0 radical (unpaired) electrons. The van der Waals surface area contributed by atoms with Crippen molar-refractivity contribution in [3.05, 3.63) is 0 Å². The summed E-state index contributed by atoms with van der Waals surface area (Å²) in [5.41, 5.74) is -0.655. The normalized spacial score (nSPS) is 22.3. The number of amides is 2. The van der Waals surface area contributed by atoms with Crippen LogP contribution in [-0.2, 0) is 9.59 Å². The van der Waals surface area contributed by atoms with Crippen molar-refractivity contribution >= 4 is 11.8 Å². The molecule has 4 heteroatoms. The second-order valence-corrected chi connectivity index (χ2v) is 5.73. The molecule has 0 aromatic carbocycles. The Hall–Kier alpha value is -1.06. The van der Waals surface area contributed by atoms with E-state index in [-0.39, 0.29) is 23.9 Å². The number of nitrogens with one attached hydrogen (secondary N) is 1. The lowest BCUT2D eigenvalue weighted by Gasteiger charge is -2.51. The van der Waals surface area contributed by atoms with Crippen LogP contribution >= 0.6 is 0 Å². The van der Waals surface area contributed by atoms with E-state index >= 15 is 0 Å². The lowest BCUT2D eigenvalue weighted by Crippen LogP contribution is -2.72. The molecular formula is C16H30N2O2. The van der Waals surface area contributed by atoms with Gasteiger partial charge >= 0.3 is 0 Å². The van der Waals surface area contributed by atoms with E-state index in [1.165, 1.54) is 0 Å². The Labute approximate surface area is 123 Å². The van der Waals surface area contributed by atoms with Crippen LogP contribution in [0.2, 0.25) is 0 Å². The van der Waals surface area contributed by atoms with Crippen LogP contribution in [0.4, 0.5) is 0 Å². The van der Waals surface area contributed by atoms with Gasteiger partial charge in [0.25, 0.3) is 0 Å². The number of carbonyl (C=O) groups excluding carboxylic acids is 2. The summed E-state index contributed by atoms with van der Waals surface area (Å²) in [5.74, 6) is 0.149. The van der Waals surface area contributed by atoms with Crippen molar-refractivity contribution in [2.45, 2.75) is 90.8 Å². The second-order valence-electron chi connectivity index (χ2n) is 5.73. The average molecular weight is 282 g/mol. The molecule has 1 atom stereocenters. The fourth-order valence-corrected chi connectivity index (χ4v) is 3.42. The Morgan fingerprint density at radius 2 is 1.65 bits per heavy atom. The second kappa shape index (κ2) is 7.09. The molecule has 0 spiro atoms. The summed E-state index contributed by atoms with van der Waals surface area (Å²) < 4.78 is 0. The van der Waals surface area contributed by atoms with Gasteiger partial charge in [0.2, 0.25) is 11.8 Å². The smallest absolute Gasteiger partial charge is 0.246 e. The van der Waals surface area contributed by atoms with Crippen LogP contribution in [0.3, 0.4) is 0 Å². The quantitative estimate of drug-likeness (QED) is 0.780. The first-order valence-corrected chi connectivity index (χ1v) is 8.16. The summed E-state index contributed by atoms with van der Waals surface area (Å²) in [6, 6.07) is -0.174. The number of nitrogens with zero attached hydrogens (tertiary/aromatic N) is 1. The predicted octanol–water partition coefficient (Wildman–Crippen LogP) is 2.86. The minimum Gasteiger partial charge on any atom is -0.342 e. The van der Waals surface area contributed by atoms with Crippen molar-refractivity contribution in [1.82, 2.24) is 10.2 Å². The maximum atomic E-state index is 12.9. The van der Waals surface area contributed by atoms with Gasteiger partial charge < -0.3 is 10.2 Å². The highest BCUT2D eigenvalue weighted by molar-refractivity contribution is 6.00. The van der Waals surface area contributed by atoms with Crippen LogP contribution < -0.4 is 5.32 Å². The van der Waals surface area contributed by atoms with Crippen molar-refractivity contribution < 1.29 is 9.59 Å². The zero-order valence-electron chi connectivity index (χ0n) is 13.7. The third kappa shape index (κ3) is 2.70. The Morgan fingerprint density at radius 1 is 1.10 bits per heavy atom. The highest BCUT2D eigenvalue weighted by atomic mass is 16.2. The summed E-state index contributed by atoms with van der Waals surface area (Å²) >= 11 is 0. The van der Waals surface area contributed by atoms with Gasteiger partial charge in [-0.3, -0.25) is 9.59 Å². The van der Waals surface area contributed by atoms with Gasteiger partial charge in [-0.25, -0.2) is 0 Å². The Balaban J connectivity index is 3.22. The molecule has 4 nitrogen and oxygen atoms in total. The molecule has 1 aliphatic heterocycles. The molecule has 0 aromatic rings. The third-order valence-electron chi connectivity index (χ3n) is 4.78. The van der Waals surface area contributed by atoms with E-state index in [9.17, 15) is 9.59 Å². The van der Waals surface area contributed by atoms with Crippen LogP contribution in [-0.4, -0.2) is 34.3 Å². The average Bonchev–Trinajstić information content (AvgIpc) is 2.46. The van der Waals surface area contributed by atoms with E-state index in [0.29, 0.717) is 12.8 Å². The predicted molar refractivity (Wildman–Crippen MR) is 81.4 cm³/mol. The zero-order chi connectivity index (χ0) is 15.3. The molecule has 1 fully saturated rings. The number of rotatable bonds is 7. The fraction of sp³-hybridized carbons (Fsp3) is 0.875. The molecule has 0 aliphatic carbocycles. The van der Waals surface area contributed by atoms with Gasteiger partial charge in [-0.15, -0.1) is 0 Å². The molecule has 0 aromatic heterocycles. The molecule has 1 aliphatic rings. The number of piperazine rings is 1. The molecule has 1 N–H and O–H groups in total. The molecule has 1 heterocycles. The van der Waals surface area contributed by atoms with E-state index in [0.717, 1.165) is 25.7 Å². The molecule has 116 valence electrons. The van der Waals surface area contributed by atoms with Crippen LogP contribution in [0.1, 0.15) is 73.1 Å². The topological polar surface area (TPSA) is 49.4 Å². The van der Waals surface area contributed by atoms with Gasteiger partial charge in [-0.1, -0.05) is 41.0 Å². The molecule has 20 heavy (non-hydrogen) atoms. The van der Waals surface area contributed by atoms with E-state index in [4.69, 9.17) is 0 Å². The van der Waals surface area contributed by atoms with Crippen molar-refractivity contribution in [1.29, 1.82) is 0 Å². The van der Waals surface area contributed by atoms with E-state index in [1.807, 2.05) is 25.7 Å². The molecule has 2 amide bonds. The van der Waals surface area contributed by atoms with E-state index in [2.05, 4.69) is 19.2 Å². The van der Waals surface area contributed by atoms with Crippen molar-refractivity contribution in [2.24, 2.45) is 0 Å². The molecule has 1 saturated heterocycles. The maximum absolute atomic E-state index is 12.9. The monoisotopic (exact) mass is 282 g/mol. The summed E-state index contributed by atoms with van der Waals surface area (Å²) in [7, 11) is 0. The summed E-state index contributed by atoms with van der Waals surface area (Å²) in [5, 5.41) is 2.96. The highest BCUT2D eigenvalue weighted by Crippen LogP contribution is 2.33.